The minimum Gasteiger partial charge on any atom is -0.339 e. The number of carbonyl (C=O) groups is 1. The predicted octanol–water partition coefficient (Wildman–Crippen LogP) is 4.42. The third kappa shape index (κ3) is 4.59. The van der Waals surface area contributed by atoms with Gasteiger partial charge in [0.05, 0.1) is 15.7 Å². The highest BCUT2D eigenvalue weighted by Crippen LogP contribution is 2.35. The summed E-state index contributed by atoms with van der Waals surface area (Å²) in [7, 11) is -3.77. The van der Waals surface area contributed by atoms with Crippen LogP contribution in [0.4, 0.5) is 5.69 Å². The number of hydrogen-bond donors (Lipinski definition) is 1. The maximum Gasteiger partial charge on any atom is 0.244 e. The summed E-state index contributed by atoms with van der Waals surface area (Å²) in [6.45, 7) is 5.80. The van der Waals surface area contributed by atoms with Gasteiger partial charge in [0.15, 0.2) is 0 Å². The number of sulfonamides is 1. The van der Waals surface area contributed by atoms with Gasteiger partial charge in [-0.15, -0.1) is 11.3 Å². The zero-order valence-electron chi connectivity index (χ0n) is 17.9. The molecule has 3 aromatic rings. The Morgan fingerprint density at radius 3 is 2.75 bits per heavy atom. The quantitative estimate of drug-likeness (QED) is 0.563. The van der Waals surface area contributed by atoms with E-state index in [0.29, 0.717) is 51.6 Å². The van der Waals surface area contributed by atoms with Crippen molar-refractivity contribution in [2.45, 2.75) is 38.5 Å². The molecule has 0 bridgehead atoms. The molecule has 1 amide bonds. The number of amides is 1. The van der Waals surface area contributed by atoms with Crippen molar-refractivity contribution in [3.8, 4) is 10.7 Å². The Kier molecular flexibility index (Phi) is 6.39. The van der Waals surface area contributed by atoms with Gasteiger partial charge in [-0.2, -0.15) is 9.29 Å². The minimum atomic E-state index is -3.77. The molecule has 1 aliphatic heterocycles. The first-order valence-corrected chi connectivity index (χ1v) is 12.8. The summed E-state index contributed by atoms with van der Waals surface area (Å²) >= 11 is 7.29. The number of halogens is 1. The first-order valence-electron chi connectivity index (χ1n) is 10.1. The largest absolute Gasteiger partial charge is 0.339 e. The van der Waals surface area contributed by atoms with Crippen LogP contribution >= 0.6 is 22.9 Å². The highest BCUT2D eigenvalue weighted by atomic mass is 35.5. The normalized spacial score (nSPS) is 17.4. The molecule has 0 unspecified atom stereocenters. The highest BCUT2D eigenvalue weighted by molar-refractivity contribution is 7.89. The number of carbonyl (C=O) groups excluding carboxylic acids is 1. The number of thiophene rings is 1. The van der Waals surface area contributed by atoms with Crippen molar-refractivity contribution >= 4 is 44.6 Å². The molecule has 32 heavy (non-hydrogen) atoms. The van der Waals surface area contributed by atoms with Crippen LogP contribution in [-0.4, -0.2) is 41.9 Å². The summed E-state index contributed by atoms with van der Waals surface area (Å²) in [6.07, 6.45) is 1.23. The molecule has 170 valence electrons. The van der Waals surface area contributed by atoms with Crippen LogP contribution in [0.1, 0.15) is 29.2 Å². The number of anilines is 1. The maximum atomic E-state index is 13.4. The fourth-order valence-corrected chi connectivity index (χ4v) is 6.98. The van der Waals surface area contributed by atoms with Crippen LogP contribution < -0.4 is 5.32 Å². The van der Waals surface area contributed by atoms with Gasteiger partial charge in [-0.1, -0.05) is 16.8 Å². The van der Waals surface area contributed by atoms with Crippen molar-refractivity contribution in [2.75, 3.05) is 18.4 Å². The Hall–Kier alpha value is -2.27. The molecule has 0 saturated carbocycles. The summed E-state index contributed by atoms with van der Waals surface area (Å²) in [4.78, 5) is 18.6. The monoisotopic (exact) mass is 494 g/mol. The second-order valence-corrected chi connectivity index (χ2v) is 11.4. The molecule has 4 rings (SSSR count). The Balaban J connectivity index is 1.52. The standard InChI is InChI=1S/C21H23ClN4O4S2/c1-12-9-16(22)6-7-17(12)24-21(27)15-5-4-8-26(11-15)32(28,29)19-10-18(31-13(19)2)20-23-14(3)30-25-20/h6-7,9-10,15H,4-5,8,11H2,1-3H3,(H,24,27)/t15-/m0/s1. The summed E-state index contributed by atoms with van der Waals surface area (Å²) < 4.78 is 33.2. The first kappa shape index (κ1) is 22.9. The number of piperidine rings is 1. The average Bonchev–Trinajstić information content (AvgIpc) is 3.36. The van der Waals surface area contributed by atoms with Crippen molar-refractivity contribution in [3.63, 3.8) is 0 Å². The zero-order chi connectivity index (χ0) is 23.0. The Bertz CT molecular complexity index is 1270. The van der Waals surface area contributed by atoms with Gasteiger partial charge in [0.2, 0.25) is 27.6 Å². The third-order valence-corrected chi connectivity index (χ3v) is 8.84. The molecular weight excluding hydrogens is 472 g/mol. The second-order valence-electron chi connectivity index (χ2n) is 7.82. The van der Waals surface area contributed by atoms with E-state index in [0.717, 1.165) is 5.56 Å². The van der Waals surface area contributed by atoms with E-state index in [-0.39, 0.29) is 17.3 Å². The lowest BCUT2D eigenvalue weighted by atomic mass is 9.98. The molecule has 1 saturated heterocycles. The lowest BCUT2D eigenvalue weighted by molar-refractivity contribution is -0.120. The lowest BCUT2D eigenvalue weighted by Crippen LogP contribution is -2.43. The van der Waals surface area contributed by atoms with Crippen LogP contribution in [0, 0.1) is 26.7 Å². The molecule has 0 spiro atoms. The number of nitrogens with zero attached hydrogens (tertiary/aromatic N) is 3. The van der Waals surface area contributed by atoms with Crippen LogP contribution in [0.2, 0.25) is 5.02 Å². The van der Waals surface area contributed by atoms with Crippen LogP contribution in [0.25, 0.3) is 10.7 Å². The van der Waals surface area contributed by atoms with Gasteiger partial charge in [0.1, 0.15) is 0 Å². The molecule has 8 nitrogen and oxygen atoms in total. The van der Waals surface area contributed by atoms with Gasteiger partial charge in [-0.25, -0.2) is 8.42 Å². The first-order chi connectivity index (χ1) is 15.1. The molecule has 0 aliphatic carbocycles. The van der Waals surface area contributed by atoms with E-state index in [2.05, 4.69) is 15.5 Å². The van der Waals surface area contributed by atoms with Gasteiger partial charge in [0, 0.05) is 35.6 Å². The average molecular weight is 495 g/mol. The molecule has 1 fully saturated rings. The van der Waals surface area contributed by atoms with Crippen molar-refractivity contribution in [3.05, 3.63) is 45.6 Å². The summed E-state index contributed by atoms with van der Waals surface area (Å²) in [5.41, 5.74) is 1.53. The zero-order valence-corrected chi connectivity index (χ0v) is 20.3. The highest BCUT2D eigenvalue weighted by Gasteiger charge is 2.35. The second kappa shape index (κ2) is 8.93. The van der Waals surface area contributed by atoms with Crippen LogP contribution in [-0.2, 0) is 14.8 Å². The van der Waals surface area contributed by atoms with Gasteiger partial charge in [0.25, 0.3) is 0 Å². The Labute approximate surface area is 195 Å². The number of benzene rings is 1. The fourth-order valence-electron chi connectivity index (χ4n) is 3.75. The third-order valence-electron chi connectivity index (χ3n) is 5.44. The Morgan fingerprint density at radius 1 is 1.28 bits per heavy atom. The van der Waals surface area contributed by atoms with E-state index < -0.39 is 15.9 Å². The SMILES string of the molecule is Cc1nc(-c2cc(S(=O)(=O)N3CCC[C@H](C(=O)Nc4ccc(Cl)cc4C)C3)c(C)s2)no1. The number of hydrogen-bond acceptors (Lipinski definition) is 7. The van der Waals surface area contributed by atoms with Gasteiger partial charge < -0.3 is 9.84 Å². The molecule has 11 heteroatoms. The van der Waals surface area contributed by atoms with Gasteiger partial charge >= 0.3 is 0 Å². The number of aromatic nitrogens is 2. The summed E-state index contributed by atoms with van der Waals surface area (Å²) in [5.74, 6) is 0.148. The van der Waals surface area contributed by atoms with Gasteiger partial charge in [-0.3, -0.25) is 4.79 Å². The van der Waals surface area contributed by atoms with Crippen molar-refractivity contribution in [2.24, 2.45) is 5.92 Å². The smallest absolute Gasteiger partial charge is 0.244 e. The summed E-state index contributed by atoms with van der Waals surface area (Å²) in [5, 5.41) is 7.39. The van der Waals surface area contributed by atoms with E-state index in [9.17, 15) is 13.2 Å². The molecule has 2 aromatic heterocycles. The van der Waals surface area contributed by atoms with Crippen LogP contribution in [0.15, 0.2) is 33.7 Å². The van der Waals surface area contributed by atoms with E-state index in [1.165, 1.54) is 15.6 Å². The molecule has 1 N–H and O–H groups in total. The topological polar surface area (TPSA) is 105 Å². The van der Waals surface area contributed by atoms with Crippen molar-refractivity contribution in [1.29, 1.82) is 0 Å². The van der Waals surface area contributed by atoms with E-state index in [1.807, 2.05) is 6.92 Å². The minimum absolute atomic E-state index is 0.132. The van der Waals surface area contributed by atoms with Crippen LogP contribution in [0.3, 0.4) is 0 Å². The van der Waals surface area contributed by atoms with Crippen molar-refractivity contribution in [1.82, 2.24) is 14.4 Å². The molecular formula is C21H23ClN4O4S2. The number of rotatable bonds is 5. The molecule has 1 atom stereocenters. The maximum absolute atomic E-state index is 13.4. The number of aryl methyl sites for hydroxylation is 3. The predicted molar refractivity (Wildman–Crippen MR) is 123 cm³/mol. The van der Waals surface area contributed by atoms with Crippen molar-refractivity contribution < 1.29 is 17.7 Å². The summed E-state index contributed by atoms with van der Waals surface area (Å²) in [6, 6.07) is 6.82. The van der Waals surface area contributed by atoms with E-state index in [1.54, 1.807) is 38.1 Å². The molecule has 1 aromatic carbocycles. The molecule has 1 aliphatic rings. The number of nitrogens with one attached hydrogen (secondary N) is 1. The lowest BCUT2D eigenvalue weighted by Gasteiger charge is -2.31. The van der Waals surface area contributed by atoms with E-state index in [4.69, 9.17) is 16.1 Å². The molecule has 0 radical (unpaired) electrons. The Morgan fingerprint density at radius 2 is 2.06 bits per heavy atom. The van der Waals surface area contributed by atoms with Crippen LogP contribution in [0.5, 0.6) is 0 Å². The molecule has 3 heterocycles. The van der Waals surface area contributed by atoms with E-state index >= 15 is 0 Å². The van der Waals surface area contributed by atoms with Gasteiger partial charge in [-0.05, 0) is 56.5 Å². The fraction of sp³-hybridized carbons (Fsp3) is 0.381.